The number of benzene rings is 3. The number of nitriles is 1. The Morgan fingerprint density at radius 3 is 2.27 bits per heavy atom. The number of ether oxygens (including phenoxy) is 1. The number of carbonyl (C=O) groups is 1. The first-order chi connectivity index (χ1) is 12.7. The van der Waals surface area contributed by atoms with Gasteiger partial charge >= 0.3 is 0 Å². The van der Waals surface area contributed by atoms with Crippen LogP contribution < -0.4 is 4.74 Å². The smallest absolute Gasteiger partial charge is 0.185 e. The minimum atomic E-state index is -0.0982. The van der Waals surface area contributed by atoms with Gasteiger partial charge in [0.25, 0.3) is 0 Å². The van der Waals surface area contributed by atoms with Crippen molar-refractivity contribution in [3.05, 3.63) is 107 Å². The van der Waals surface area contributed by atoms with Gasteiger partial charge in [-0.05, 0) is 53.6 Å². The molecule has 126 valence electrons. The second-order valence-corrected chi connectivity index (χ2v) is 5.73. The summed E-state index contributed by atoms with van der Waals surface area (Å²) < 4.78 is 5.75. The Morgan fingerprint density at radius 1 is 0.923 bits per heavy atom. The monoisotopic (exact) mass is 339 g/mol. The summed E-state index contributed by atoms with van der Waals surface area (Å²) in [5, 5.41) is 8.79. The molecule has 0 atom stereocenters. The maximum absolute atomic E-state index is 12.1. The molecule has 0 aromatic heterocycles. The number of rotatable bonds is 6. The van der Waals surface area contributed by atoms with Crippen LogP contribution in [0, 0.1) is 11.3 Å². The molecule has 3 aromatic rings. The summed E-state index contributed by atoms with van der Waals surface area (Å²) >= 11 is 0. The zero-order valence-electron chi connectivity index (χ0n) is 14.1. The van der Waals surface area contributed by atoms with Crippen LogP contribution in [0.3, 0.4) is 0 Å². The lowest BCUT2D eigenvalue weighted by Crippen LogP contribution is -1.95. The van der Waals surface area contributed by atoms with Crippen LogP contribution in [0.1, 0.15) is 27.0 Å². The third-order valence-electron chi connectivity index (χ3n) is 3.85. The summed E-state index contributed by atoms with van der Waals surface area (Å²) in [6.07, 6.45) is 3.29. The van der Waals surface area contributed by atoms with Crippen LogP contribution in [0.2, 0.25) is 0 Å². The maximum Gasteiger partial charge on any atom is 0.185 e. The first-order valence-electron chi connectivity index (χ1n) is 8.24. The average Bonchev–Trinajstić information content (AvgIpc) is 2.72. The molecule has 0 amide bonds. The van der Waals surface area contributed by atoms with E-state index in [2.05, 4.69) is 0 Å². The highest BCUT2D eigenvalue weighted by Gasteiger charge is 2.02. The van der Waals surface area contributed by atoms with Crippen LogP contribution in [0.25, 0.3) is 6.08 Å². The molecular weight excluding hydrogens is 322 g/mol. The van der Waals surface area contributed by atoms with Crippen molar-refractivity contribution in [3.8, 4) is 11.8 Å². The van der Waals surface area contributed by atoms with E-state index in [1.165, 1.54) is 6.08 Å². The highest BCUT2D eigenvalue weighted by molar-refractivity contribution is 6.06. The molecular formula is C23H17NO2. The topological polar surface area (TPSA) is 50.1 Å². The molecule has 0 fully saturated rings. The van der Waals surface area contributed by atoms with Crippen molar-refractivity contribution in [3.63, 3.8) is 0 Å². The zero-order valence-corrected chi connectivity index (χ0v) is 14.1. The molecule has 0 aliphatic carbocycles. The Balaban J connectivity index is 1.58. The van der Waals surface area contributed by atoms with E-state index >= 15 is 0 Å². The van der Waals surface area contributed by atoms with Crippen LogP contribution >= 0.6 is 0 Å². The van der Waals surface area contributed by atoms with Gasteiger partial charge in [-0.15, -0.1) is 0 Å². The van der Waals surface area contributed by atoms with Crippen LogP contribution in [0.15, 0.2) is 84.9 Å². The molecule has 0 aliphatic heterocycles. The van der Waals surface area contributed by atoms with Gasteiger partial charge in [-0.25, -0.2) is 0 Å². The van der Waals surface area contributed by atoms with Crippen molar-refractivity contribution in [2.45, 2.75) is 6.61 Å². The van der Waals surface area contributed by atoms with Crippen molar-refractivity contribution in [2.75, 3.05) is 0 Å². The fourth-order valence-corrected chi connectivity index (χ4v) is 2.39. The predicted octanol–water partition coefficient (Wildman–Crippen LogP) is 5.03. The van der Waals surface area contributed by atoms with E-state index in [-0.39, 0.29) is 5.78 Å². The molecule has 26 heavy (non-hydrogen) atoms. The summed E-state index contributed by atoms with van der Waals surface area (Å²) in [6.45, 7) is 0.521. The molecule has 0 saturated heterocycles. The Morgan fingerprint density at radius 2 is 1.62 bits per heavy atom. The molecule has 3 heteroatoms. The van der Waals surface area contributed by atoms with Gasteiger partial charge in [0.1, 0.15) is 12.4 Å². The van der Waals surface area contributed by atoms with Crippen LogP contribution in [0.5, 0.6) is 5.75 Å². The van der Waals surface area contributed by atoms with Gasteiger partial charge in [0.15, 0.2) is 5.78 Å². The first kappa shape index (κ1) is 17.2. The van der Waals surface area contributed by atoms with Crippen molar-refractivity contribution in [2.24, 2.45) is 0 Å². The maximum atomic E-state index is 12.1. The zero-order chi connectivity index (χ0) is 18.2. The summed E-state index contributed by atoms with van der Waals surface area (Å²) in [6, 6.07) is 26.2. The number of nitrogens with zero attached hydrogens (tertiary/aromatic N) is 1. The predicted molar refractivity (Wildman–Crippen MR) is 102 cm³/mol. The number of carbonyl (C=O) groups excluding carboxylic acids is 1. The fourth-order valence-electron chi connectivity index (χ4n) is 2.39. The molecule has 0 unspecified atom stereocenters. The number of ketones is 1. The molecule has 3 aromatic carbocycles. The van der Waals surface area contributed by atoms with Crippen LogP contribution in [-0.4, -0.2) is 5.78 Å². The average molecular weight is 339 g/mol. The van der Waals surface area contributed by atoms with Gasteiger partial charge in [-0.1, -0.05) is 48.5 Å². The van der Waals surface area contributed by atoms with Gasteiger partial charge in [0, 0.05) is 5.56 Å². The van der Waals surface area contributed by atoms with Gasteiger partial charge in [0.05, 0.1) is 11.6 Å². The molecule has 0 spiro atoms. The van der Waals surface area contributed by atoms with Crippen molar-refractivity contribution < 1.29 is 9.53 Å². The SMILES string of the molecule is N#Cc1ccc(C(=O)/C=C/c2ccc(OCc3ccccc3)cc2)cc1. The lowest BCUT2D eigenvalue weighted by molar-refractivity contribution is 0.104. The summed E-state index contributed by atoms with van der Waals surface area (Å²) in [5.41, 5.74) is 3.13. The number of hydrogen-bond donors (Lipinski definition) is 0. The van der Waals surface area contributed by atoms with E-state index in [0.29, 0.717) is 17.7 Å². The van der Waals surface area contributed by atoms with E-state index < -0.39 is 0 Å². The molecule has 3 rings (SSSR count). The Kier molecular flexibility index (Phi) is 5.59. The molecule has 3 nitrogen and oxygen atoms in total. The lowest BCUT2D eigenvalue weighted by atomic mass is 10.1. The highest BCUT2D eigenvalue weighted by Crippen LogP contribution is 2.15. The Hall–Kier alpha value is -3.64. The molecule has 0 N–H and O–H groups in total. The van der Waals surface area contributed by atoms with Crippen molar-refractivity contribution in [1.29, 1.82) is 5.26 Å². The van der Waals surface area contributed by atoms with Gasteiger partial charge in [-0.2, -0.15) is 5.26 Å². The van der Waals surface area contributed by atoms with Crippen LogP contribution in [0.4, 0.5) is 0 Å². The molecule has 0 aliphatic rings. The molecule has 0 radical (unpaired) electrons. The van der Waals surface area contributed by atoms with E-state index in [0.717, 1.165) is 16.9 Å². The number of allylic oxidation sites excluding steroid dienone is 1. The number of hydrogen-bond acceptors (Lipinski definition) is 3. The minimum absolute atomic E-state index is 0.0982. The third-order valence-corrected chi connectivity index (χ3v) is 3.85. The molecule has 0 bridgehead atoms. The second-order valence-electron chi connectivity index (χ2n) is 5.73. The van der Waals surface area contributed by atoms with E-state index in [1.807, 2.05) is 60.7 Å². The first-order valence-corrected chi connectivity index (χ1v) is 8.24. The summed E-state index contributed by atoms with van der Waals surface area (Å²) in [5.74, 6) is 0.684. The fraction of sp³-hybridized carbons (Fsp3) is 0.0435. The lowest BCUT2D eigenvalue weighted by Gasteiger charge is -2.06. The van der Waals surface area contributed by atoms with E-state index in [4.69, 9.17) is 10.00 Å². The molecule has 0 heterocycles. The quantitative estimate of drug-likeness (QED) is 0.467. The minimum Gasteiger partial charge on any atom is -0.489 e. The second kappa shape index (κ2) is 8.46. The van der Waals surface area contributed by atoms with Crippen molar-refractivity contribution >= 4 is 11.9 Å². The highest BCUT2D eigenvalue weighted by atomic mass is 16.5. The Bertz CT molecular complexity index is 934. The normalized spacial score (nSPS) is 10.4. The summed E-state index contributed by atoms with van der Waals surface area (Å²) in [4.78, 5) is 12.1. The molecule has 0 saturated carbocycles. The van der Waals surface area contributed by atoms with Gasteiger partial charge in [-0.3, -0.25) is 4.79 Å². The summed E-state index contributed by atoms with van der Waals surface area (Å²) in [7, 11) is 0. The Labute approximate surface area is 152 Å². The van der Waals surface area contributed by atoms with Gasteiger partial charge < -0.3 is 4.74 Å². The third kappa shape index (κ3) is 4.68. The van der Waals surface area contributed by atoms with Gasteiger partial charge in [0.2, 0.25) is 0 Å². The van der Waals surface area contributed by atoms with E-state index in [9.17, 15) is 4.79 Å². The standard InChI is InChI=1S/C23H17NO2/c24-16-19-6-11-21(12-7-19)23(25)15-10-18-8-13-22(14-9-18)26-17-20-4-2-1-3-5-20/h1-15H,17H2/b15-10+. The van der Waals surface area contributed by atoms with E-state index in [1.54, 1.807) is 30.3 Å². The largest absolute Gasteiger partial charge is 0.489 e. The van der Waals surface area contributed by atoms with Crippen LogP contribution in [-0.2, 0) is 6.61 Å². The van der Waals surface area contributed by atoms with Crippen molar-refractivity contribution in [1.82, 2.24) is 0 Å².